The monoisotopic (exact) mass is 117 g/mol. The molecule has 0 saturated carbocycles. The summed E-state index contributed by atoms with van der Waals surface area (Å²) in [5.41, 5.74) is 0. The molecule has 3 nitrogen and oxygen atoms in total. The topological polar surface area (TPSA) is 52.2 Å². The van der Waals surface area contributed by atoms with Crippen LogP contribution in [0.3, 0.4) is 0 Å². The van der Waals surface area contributed by atoms with Gasteiger partial charge in [-0.25, -0.2) is 0 Å². The molecule has 1 amide bonds. The van der Waals surface area contributed by atoms with Crippen LogP contribution in [0.25, 0.3) is 0 Å². The van der Waals surface area contributed by atoms with Gasteiger partial charge >= 0.3 is 29.6 Å². The maximum absolute atomic E-state index is 9.01. The number of carbonyl (C=O) groups is 1. The Kier molecular flexibility index (Phi) is 9.04. The van der Waals surface area contributed by atoms with Crippen LogP contribution in [-0.4, -0.2) is 6.09 Å². The molecule has 0 aliphatic rings. The van der Waals surface area contributed by atoms with Gasteiger partial charge in [0.2, 0.25) is 0 Å². The molecule has 0 heterocycles. The van der Waals surface area contributed by atoms with Crippen LogP contribution >= 0.6 is 11.8 Å². The number of rotatable bonds is 0. The summed E-state index contributed by atoms with van der Waals surface area (Å²) in [6, 6.07) is 0. The van der Waals surface area contributed by atoms with Crippen molar-refractivity contribution >= 4 is 17.9 Å². The van der Waals surface area contributed by atoms with Gasteiger partial charge in [0.1, 0.15) is 6.09 Å². The molecule has 0 aliphatic heterocycles. The van der Waals surface area contributed by atoms with Gasteiger partial charge in [-0.1, -0.05) is 0 Å². The molecule has 0 unspecified atom stereocenters. The standard InChI is InChI=1S/CH2ClNO2.Na/c2-3-1(4)5;/h3H,(H,4,5);/q;+1/p-1. The molecule has 0 aliphatic carbocycles. The van der Waals surface area contributed by atoms with Gasteiger partial charge < -0.3 is 9.90 Å². The van der Waals surface area contributed by atoms with Gasteiger partial charge in [0, 0.05) is 11.8 Å². The molecule has 1 N–H and O–H groups in total. The summed E-state index contributed by atoms with van der Waals surface area (Å²) >= 11 is 4.42. The van der Waals surface area contributed by atoms with Gasteiger partial charge in [-0.3, -0.25) is 4.84 Å². The number of hydrogen-bond acceptors (Lipinski definition) is 2. The second kappa shape index (κ2) is 5.56. The Morgan fingerprint density at radius 2 is 2.00 bits per heavy atom. The third-order valence-electron chi connectivity index (χ3n) is 0.0772. The molecule has 6 heavy (non-hydrogen) atoms. The molecular formula is CHClNNaO2. The van der Waals surface area contributed by atoms with Gasteiger partial charge in [0.25, 0.3) is 0 Å². The van der Waals surface area contributed by atoms with Crippen LogP contribution in [0.15, 0.2) is 0 Å². The van der Waals surface area contributed by atoms with Crippen molar-refractivity contribution < 1.29 is 39.5 Å². The quantitative estimate of drug-likeness (QED) is 0.260. The summed E-state index contributed by atoms with van der Waals surface area (Å²) in [7, 11) is 0. The minimum atomic E-state index is -1.48. The van der Waals surface area contributed by atoms with Crippen molar-refractivity contribution in [2.45, 2.75) is 0 Å². The van der Waals surface area contributed by atoms with Crippen LogP contribution in [0.4, 0.5) is 4.79 Å². The van der Waals surface area contributed by atoms with Crippen LogP contribution in [0.5, 0.6) is 0 Å². The van der Waals surface area contributed by atoms with E-state index in [1.165, 1.54) is 4.84 Å². The molecule has 0 spiro atoms. The van der Waals surface area contributed by atoms with Crippen molar-refractivity contribution in [2.24, 2.45) is 0 Å². The zero-order chi connectivity index (χ0) is 4.28. The Hall–Kier alpha value is 0.560. The molecular weight excluding hydrogens is 116 g/mol. The summed E-state index contributed by atoms with van der Waals surface area (Å²) in [4.78, 5) is 10.3. The van der Waals surface area contributed by atoms with E-state index in [9.17, 15) is 0 Å². The Labute approximate surface area is 62.1 Å². The first-order chi connectivity index (χ1) is 2.27. The zero-order valence-electron chi connectivity index (χ0n) is 3.19. The molecule has 0 radical (unpaired) electrons. The molecule has 0 bridgehead atoms. The first kappa shape index (κ1) is 9.75. The zero-order valence-corrected chi connectivity index (χ0v) is 5.95. The van der Waals surface area contributed by atoms with E-state index in [4.69, 9.17) is 9.90 Å². The summed E-state index contributed by atoms with van der Waals surface area (Å²) in [6.07, 6.45) is -1.48. The number of halogens is 1. The Balaban J connectivity index is 0. The van der Waals surface area contributed by atoms with Gasteiger partial charge in [0.05, 0.1) is 0 Å². The summed E-state index contributed by atoms with van der Waals surface area (Å²) < 4.78 is 0. The Morgan fingerprint density at radius 3 is 2.00 bits per heavy atom. The SMILES string of the molecule is O=C([O-])NCl.[Na+]. The van der Waals surface area contributed by atoms with Gasteiger partial charge in [-0.2, -0.15) is 0 Å². The average molecular weight is 117 g/mol. The number of nitrogens with one attached hydrogen (secondary N) is 1. The number of hydrogen-bond donors (Lipinski definition) is 1. The van der Waals surface area contributed by atoms with Gasteiger partial charge in [-0.05, 0) is 0 Å². The van der Waals surface area contributed by atoms with Crippen molar-refractivity contribution in [1.82, 2.24) is 4.84 Å². The first-order valence-corrected chi connectivity index (χ1v) is 1.23. The van der Waals surface area contributed by atoms with Gasteiger partial charge in [0.15, 0.2) is 0 Å². The van der Waals surface area contributed by atoms with E-state index in [1.54, 1.807) is 0 Å². The smallest absolute Gasteiger partial charge is 0.529 e. The first-order valence-electron chi connectivity index (χ1n) is 0.847. The minimum absolute atomic E-state index is 0. The van der Waals surface area contributed by atoms with Gasteiger partial charge in [-0.15, -0.1) is 0 Å². The fraction of sp³-hybridized carbons (Fsp3) is 0. The van der Waals surface area contributed by atoms with E-state index in [-0.39, 0.29) is 29.6 Å². The third kappa shape index (κ3) is 8.82. The molecule has 30 valence electrons. The number of carbonyl (C=O) groups excluding carboxylic acids is 1. The molecule has 0 saturated heterocycles. The van der Waals surface area contributed by atoms with E-state index in [0.29, 0.717) is 0 Å². The van der Waals surface area contributed by atoms with Crippen LogP contribution in [0.1, 0.15) is 0 Å². The maximum Gasteiger partial charge on any atom is 1.00 e. The maximum atomic E-state index is 9.01. The molecule has 0 aromatic rings. The fourth-order valence-electron chi connectivity index (χ4n) is 0. The molecule has 0 aromatic carbocycles. The molecule has 0 fully saturated rings. The molecule has 5 heteroatoms. The van der Waals surface area contributed by atoms with E-state index < -0.39 is 6.09 Å². The van der Waals surface area contributed by atoms with E-state index >= 15 is 0 Å². The van der Waals surface area contributed by atoms with Crippen LogP contribution < -0.4 is 39.5 Å². The summed E-state index contributed by atoms with van der Waals surface area (Å²) in [5, 5.41) is 9.01. The van der Waals surface area contributed by atoms with Crippen molar-refractivity contribution in [3.8, 4) is 0 Å². The third-order valence-corrected chi connectivity index (χ3v) is 0.231. The second-order valence-electron chi connectivity index (χ2n) is 0.382. The Morgan fingerprint density at radius 1 is 1.83 bits per heavy atom. The normalized spacial score (nSPS) is 5.50. The predicted octanol–water partition coefficient (Wildman–Crippen LogP) is -3.92. The van der Waals surface area contributed by atoms with Crippen LogP contribution in [0.2, 0.25) is 0 Å². The van der Waals surface area contributed by atoms with Crippen LogP contribution in [0, 0.1) is 0 Å². The average Bonchev–Trinajstić information content (AvgIpc) is 1.38. The van der Waals surface area contributed by atoms with Crippen molar-refractivity contribution in [1.29, 1.82) is 0 Å². The van der Waals surface area contributed by atoms with E-state index in [2.05, 4.69) is 11.8 Å². The van der Waals surface area contributed by atoms with Crippen molar-refractivity contribution in [2.75, 3.05) is 0 Å². The van der Waals surface area contributed by atoms with E-state index in [1.807, 2.05) is 0 Å². The summed E-state index contributed by atoms with van der Waals surface area (Å²) in [6.45, 7) is 0. The molecule has 0 rings (SSSR count). The minimum Gasteiger partial charge on any atom is -0.529 e. The van der Waals surface area contributed by atoms with Crippen molar-refractivity contribution in [3.63, 3.8) is 0 Å². The largest absolute Gasteiger partial charge is 1.00 e. The van der Waals surface area contributed by atoms with E-state index in [0.717, 1.165) is 0 Å². The predicted molar refractivity (Wildman–Crippen MR) is 14.4 cm³/mol. The van der Waals surface area contributed by atoms with Crippen LogP contribution in [-0.2, 0) is 0 Å². The molecule has 0 aromatic heterocycles. The number of carboxylic acid groups (broad SMARTS) is 1. The fourth-order valence-corrected chi connectivity index (χ4v) is 0. The van der Waals surface area contributed by atoms with Crippen molar-refractivity contribution in [3.05, 3.63) is 0 Å². The number of amides is 1. The Bertz CT molecular complexity index is 48.8. The summed E-state index contributed by atoms with van der Waals surface area (Å²) in [5.74, 6) is 0. The molecule has 0 atom stereocenters. The second-order valence-corrected chi connectivity index (χ2v) is 0.571.